The number of hydrogen-bond donors (Lipinski definition) is 2. The molecule has 0 bridgehead atoms. The summed E-state index contributed by atoms with van der Waals surface area (Å²) in [5.74, 6) is -1.33. The number of aromatic nitrogens is 1. The van der Waals surface area contributed by atoms with Gasteiger partial charge in [-0.05, 0) is 12.8 Å². The molecule has 0 saturated heterocycles. The molecule has 0 aromatic carbocycles. The molecule has 0 radical (unpaired) electrons. The Morgan fingerprint density at radius 2 is 2.00 bits per heavy atom. The highest BCUT2D eigenvalue weighted by Gasteiger charge is 2.25. The van der Waals surface area contributed by atoms with Crippen LogP contribution in [-0.4, -0.2) is 17.1 Å². The predicted molar refractivity (Wildman–Crippen MR) is 60.1 cm³/mol. The minimum atomic E-state index is -0.695. The monoisotopic (exact) mass is 229 g/mol. The van der Waals surface area contributed by atoms with Crippen LogP contribution in [0.15, 0.2) is 12.3 Å². The zero-order valence-electron chi connectivity index (χ0n) is 9.56. The van der Waals surface area contributed by atoms with Gasteiger partial charge in [-0.1, -0.05) is 13.8 Å². The fourth-order valence-corrected chi connectivity index (χ4v) is 1.52. The molecule has 0 amide bonds. The SMILES string of the molecule is CCC(CC)(CN)Nc1ncc(F)cc1F. The highest BCUT2D eigenvalue weighted by atomic mass is 19.1. The highest BCUT2D eigenvalue weighted by Crippen LogP contribution is 2.22. The molecule has 0 spiro atoms. The molecule has 0 atom stereocenters. The van der Waals surface area contributed by atoms with Gasteiger partial charge in [0.05, 0.1) is 11.7 Å². The summed E-state index contributed by atoms with van der Waals surface area (Å²) >= 11 is 0. The normalized spacial score (nSPS) is 11.6. The first-order valence-corrected chi connectivity index (χ1v) is 5.36. The van der Waals surface area contributed by atoms with E-state index < -0.39 is 11.6 Å². The van der Waals surface area contributed by atoms with Crippen LogP contribution in [0.5, 0.6) is 0 Å². The Morgan fingerprint density at radius 3 is 2.44 bits per heavy atom. The van der Waals surface area contributed by atoms with Crippen LogP contribution in [-0.2, 0) is 0 Å². The van der Waals surface area contributed by atoms with Crippen molar-refractivity contribution in [2.75, 3.05) is 11.9 Å². The third kappa shape index (κ3) is 2.66. The van der Waals surface area contributed by atoms with Crippen molar-refractivity contribution in [1.29, 1.82) is 0 Å². The molecule has 3 N–H and O–H groups in total. The van der Waals surface area contributed by atoms with E-state index in [9.17, 15) is 8.78 Å². The molecule has 1 heterocycles. The predicted octanol–water partition coefficient (Wildman–Crippen LogP) is 2.29. The van der Waals surface area contributed by atoms with Gasteiger partial charge in [-0.2, -0.15) is 0 Å². The van der Waals surface area contributed by atoms with Crippen LogP contribution in [0.4, 0.5) is 14.6 Å². The second-order valence-electron chi connectivity index (χ2n) is 3.80. The molecule has 1 aromatic rings. The molecule has 0 aliphatic heterocycles. The fourth-order valence-electron chi connectivity index (χ4n) is 1.52. The van der Waals surface area contributed by atoms with Gasteiger partial charge in [-0.25, -0.2) is 13.8 Å². The summed E-state index contributed by atoms with van der Waals surface area (Å²) in [7, 11) is 0. The Kier molecular flexibility index (Phi) is 4.18. The van der Waals surface area contributed by atoms with Gasteiger partial charge in [0, 0.05) is 12.6 Å². The van der Waals surface area contributed by atoms with E-state index >= 15 is 0 Å². The number of halogens is 2. The van der Waals surface area contributed by atoms with Gasteiger partial charge in [0.1, 0.15) is 5.82 Å². The Hall–Kier alpha value is -1.23. The first-order valence-electron chi connectivity index (χ1n) is 5.36. The topological polar surface area (TPSA) is 50.9 Å². The molecule has 16 heavy (non-hydrogen) atoms. The van der Waals surface area contributed by atoms with Crippen molar-refractivity contribution in [1.82, 2.24) is 4.98 Å². The number of nitrogens with one attached hydrogen (secondary N) is 1. The van der Waals surface area contributed by atoms with Gasteiger partial charge in [-0.15, -0.1) is 0 Å². The van der Waals surface area contributed by atoms with Crippen molar-refractivity contribution in [3.05, 3.63) is 23.9 Å². The number of anilines is 1. The van der Waals surface area contributed by atoms with E-state index in [1.54, 1.807) is 0 Å². The van der Waals surface area contributed by atoms with Crippen molar-refractivity contribution in [3.63, 3.8) is 0 Å². The second-order valence-corrected chi connectivity index (χ2v) is 3.80. The molecular formula is C11H17F2N3. The third-order valence-electron chi connectivity index (χ3n) is 2.94. The lowest BCUT2D eigenvalue weighted by Gasteiger charge is -2.32. The summed E-state index contributed by atoms with van der Waals surface area (Å²) in [6.45, 7) is 4.30. The Balaban J connectivity index is 2.93. The van der Waals surface area contributed by atoms with Gasteiger partial charge in [-0.3, -0.25) is 0 Å². The number of rotatable bonds is 5. The van der Waals surface area contributed by atoms with E-state index in [0.717, 1.165) is 25.1 Å². The largest absolute Gasteiger partial charge is 0.361 e. The number of pyridine rings is 1. The number of hydrogen-bond acceptors (Lipinski definition) is 3. The fraction of sp³-hybridized carbons (Fsp3) is 0.545. The van der Waals surface area contributed by atoms with Gasteiger partial charge in [0.25, 0.3) is 0 Å². The lowest BCUT2D eigenvalue weighted by molar-refractivity contribution is 0.439. The van der Waals surface area contributed by atoms with Crippen LogP contribution >= 0.6 is 0 Å². The van der Waals surface area contributed by atoms with Crippen molar-refractivity contribution < 1.29 is 8.78 Å². The van der Waals surface area contributed by atoms with Gasteiger partial charge >= 0.3 is 0 Å². The molecule has 0 unspecified atom stereocenters. The van der Waals surface area contributed by atoms with Crippen LogP contribution in [0.25, 0.3) is 0 Å². The molecule has 0 saturated carbocycles. The maximum Gasteiger partial charge on any atom is 0.168 e. The van der Waals surface area contributed by atoms with Crippen molar-refractivity contribution in [2.45, 2.75) is 32.2 Å². The van der Waals surface area contributed by atoms with E-state index in [0.29, 0.717) is 6.54 Å². The summed E-state index contributed by atoms with van der Waals surface area (Å²) in [4.78, 5) is 3.69. The van der Waals surface area contributed by atoms with Crippen LogP contribution < -0.4 is 11.1 Å². The second kappa shape index (κ2) is 5.21. The lowest BCUT2D eigenvalue weighted by Crippen LogP contribution is -2.44. The Bertz CT molecular complexity index is 343. The molecule has 3 nitrogen and oxygen atoms in total. The molecule has 1 rings (SSSR count). The molecule has 5 heteroatoms. The summed E-state index contributed by atoms with van der Waals surface area (Å²) < 4.78 is 26.1. The van der Waals surface area contributed by atoms with Crippen LogP contribution in [0.3, 0.4) is 0 Å². The summed E-state index contributed by atoms with van der Waals surface area (Å²) in [6, 6.07) is 0.807. The van der Waals surface area contributed by atoms with E-state index in [2.05, 4.69) is 10.3 Å². The molecule has 90 valence electrons. The van der Waals surface area contributed by atoms with Crippen molar-refractivity contribution >= 4 is 5.82 Å². The van der Waals surface area contributed by atoms with Gasteiger partial charge in [0.2, 0.25) is 0 Å². The first-order chi connectivity index (χ1) is 7.56. The highest BCUT2D eigenvalue weighted by molar-refractivity contribution is 5.39. The third-order valence-corrected chi connectivity index (χ3v) is 2.94. The molecule has 0 aliphatic carbocycles. The van der Waals surface area contributed by atoms with Crippen LogP contribution in [0.1, 0.15) is 26.7 Å². The van der Waals surface area contributed by atoms with E-state index in [1.807, 2.05) is 13.8 Å². The number of nitrogens with two attached hydrogens (primary N) is 1. The average Bonchev–Trinajstić information content (AvgIpc) is 2.29. The van der Waals surface area contributed by atoms with E-state index in [1.165, 1.54) is 0 Å². The van der Waals surface area contributed by atoms with Gasteiger partial charge < -0.3 is 11.1 Å². The van der Waals surface area contributed by atoms with Crippen LogP contribution in [0, 0.1) is 11.6 Å². The maximum absolute atomic E-state index is 13.4. The minimum absolute atomic E-state index is 0.0514. The molecular weight excluding hydrogens is 212 g/mol. The molecule has 1 aromatic heterocycles. The van der Waals surface area contributed by atoms with Crippen molar-refractivity contribution in [2.24, 2.45) is 5.73 Å². The molecule has 0 aliphatic rings. The first kappa shape index (κ1) is 12.8. The zero-order valence-corrected chi connectivity index (χ0v) is 9.56. The smallest absolute Gasteiger partial charge is 0.168 e. The Morgan fingerprint density at radius 1 is 1.38 bits per heavy atom. The minimum Gasteiger partial charge on any atom is -0.361 e. The van der Waals surface area contributed by atoms with Crippen molar-refractivity contribution in [3.8, 4) is 0 Å². The van der Waals surface area contributed by atoms with Crippen LogP contribution in [0.2, 0.25) is 0 Å². The summed E-state index contributed by atoms with van der Waals surface area (Å²) in [6.07, 6.45) is 2.48. The van der Waals surface area contributed by atoms with Gasteiger partial charge in [0.15, 0.2) is 11.6 Å². The van der Waals surface area contributed by atoms with E-state index in [4.69, 9.17) is 5.73 Å². The lowest BCUT2D eigenvalue weighted by atomic mass is 9.93. The maximum atomic E-state index is 13.4. The standard InChI is InChI=1S/C11H17F2N3/c1-3-11(4-2,7-14)16-10-9(13)5-8(12)6-15-10/h5-6H,3-4,7,14H2,1-2H3,(H,15,16). The van der Waals surface area contributed by atoms with E-state index in [-0.39, 0.29) is 11.4 Å². The molecule has 0 fully saturated rings. The quantitative estimate of drug-likeness (QED) is 0.814. The summed E-state index contributed by atoms with van der Waals surface area (Å²) in [5.41, 5.74) is 5.29. The Labute approximate surface area is 94.1 Å². The summed E-state index contributed by atoms with van der Waals surface area (Å²) in [5, 5.41) is 2.96. The average molecular weight is 229 g/mol. The number of nitrogens with zero attached hydrogens (tertiary/aromatic N) is 1. The zero-order chi connectivity index (χ0) is 12.2.